The molecular weight excluding hydrogens is 556 g/mol. The molecule has 5 heterocycles. The number of aromatic amines is 3. The summed E-state index contributed by atoms with van der Waals surface area (Å²) in [6.07, 6.45) is 8.08. The van der Waals surface area contributed by atoms with Crippen LogP contribution in [0, 0.1) is 38.5 Å². The first-order valence-corrected chi connectivity index (χ1v) is 15.5. The van der Waals surface area contributed by atoms with Gasteiger partial charge in [-0.15, -0.1) is 0 Å². The minimum Gasteiger partial charge on any atom is -0.510 e. The fraction of sp³-hybridized carbons (Fsp3) is 0.429. The monoisotopic (exact) mass is 598 g/mol. The summed E-state index contributed by atoms with van der Waals surface area (Å²) in [7, 11) is 1.33. The highest BCUT2D eigenvalue weighted by molar-refractivity contribution is 5.95. The molecule has 1 aliphatic carbocycles. The number of aliphatic hydroxyl groups excluding tert-OH is 1. The highest BCUT2D eigenvalue weighted by atomic mass is 16.5. The molecule has 9 heteroatoms. The van der Waals surface area contributed by atoms with E-state index in [1.54, 1.807) is 0 Å². The van der Waals surface area contributed by atoms with Crippen molar-refractivity contribution in [2.45, 2.75) is 72.4 Å². The zero-order valence-corrected chi connectivity index (χ0v) is 26.3. The largest absolute Gasteiger partial charge is 0.510 e. The van der Waals surface area contributed by atoms with E-state index < -0.39 is 17.9 Å². The molecule has 3 aromatic heterocycles. The average Bonchev–Trinajstić information content (AvgIpc) is 3.72. The molecule has 8 bridgehead atoms. The number of carboxylic acids is 1. The van der Waals surface area contributed by atoms with Crippen LogP contribution in [0.2, 0.25) is 0 Å². The Morgan fingerprint density at radius 2 is 1.80 bits per heavy atom. The number of fused-ring (bicyclic) bond motifs is 8. The maximum Gasteiger partial charge on any atom is 0.320 e. The Balaban J connectivity index is 1.69. The standard InChI is InChI=1S/C35H42N4O5/c1-8-19-15(3)22-12-24-17(5)21(10-11-28(40)41)32(38-24)30-31(35(43)44-7)34(42)29-18(6)25(39-33(29)30)14-27-20(9-2)16(4)23(37-27)13-26(19)36-22/h8,13-14,17,21,24,31-32,36-39,42H,1,9-12H2,2-7H3,(H,40,41)/b23-13-,27-14-/t17-,21-,24?,31+,32?/m0/s1. The highest BCUT2D eigenvalue weighted by Gasteiger charge is 2.48. The van der Waals surface area contributed by atoms with Crippen molar-refractivity contribution in [3.8, 4) is 0 Å². The van der Waals surface area contributed by atoms with Crippen molar-refractivity contribution in [2.24, 2.45) is 17.8 Å². The van der Waals surface area contributed by atoms with Gasteiger partial charge in [-0.2, -0.15) is 0 Å². The Hall–Kier alpha value is -4.24. The van der Waals surface area contributed by atoms with E-state index >= 15 is 0 Å². The first-order chi connectivity index (χ1) is 21.0. The third kappa shape index (κ3) is 4.48. The molecular formula is C35H42N4O5. The van der Waals surface area contributed by atoms with Crippen LogP contribution < -0.4 is 26.6 Å². The van der Waals surface area contributed by atoms with E-state index in [1.165, 1.54) is 18.2 Å². The molecule has 0 saturated carbocycles. The molecule has 0 radical (unpaired) electrons. The number of ether oxygens (including phenoxy) is 1. The van der Waals surface area contributed by atoms with Crippen LogP contribution in [0.3, 0.4) is 0 Å². The molecule has 6 N–H and O–H groups in total. The summed E-state index contributed by atoms with van der Waals surface area (Å²) < 4.78 is 5.22. The minimum atomic E-state index is -0.977. The maximum atomic E-state index is 13.3. The van der Waals surface area contributed by atoms with Crippen LogP contribution in [0.5, 0.6) is 0 Å². The number of nitrogens with one attached hydrogen (secondary N) is 4. The van der Waals surface area contributed by atoms with Gasteiger partial charge in [0.1, 0.15) is 11.7 Å². The summed E-state index contributed by atoms with van der Waals surface area (Å²) in [6.45, 7) is 14.6. The second-order valence-electron chi connectivity index (χ2n) is 12.6. The van der Waals surface area contributed by atoms with Crippen molar-refractivity contribution in [1.29, 1.82) is 0 Å². The number of hydrogen-bond acceptors (Lipinski definition) is 5. The zero-order chi connectivity index (χ0) is 31.6. The van der Waals surface area contributed by atoms with Crippen molar-refractivity contribution in [2.75, 3.05) is 7.11 Å². The summed E-state index contributed by atoms with van der Waals surface area (Å²) in [5, 5.41) is 28.4. The zero-order valence-electron chi connectivity index (χ0n) is 26.3. The van der Waals surface area contributed by atoms with Gasteiger partial charge in [-0.25, -0.2) is 0 Å². The van der Waals surface area contributed by atoms with Gasteiger partial charge in [-0.05, 0) is 85.4 Å². The summed E-state index contributed by atoms with van der Waals surface area (Å²) in [5.41, 5.74) is 9.02. The van der Waals surface area contributed by atoms with Crippen LogP contribution in [0.4, 0.5) is 0 Å². The van der Waals surface area contributed by atoms with Gasteiger partial charge in [0.05, 0.1) is 12.5 Å². The molecule has 0 amide bonds. The molecule has 232 valence electrons. The number of hydrogen-bond donors (Lipinski definition) is 6. The van der Waals surface area contributed by atoms with Crippen LogP contribution in [-0.4, -0.2) is 56.3 Å². The first-order valence-electron chi connectivity index (χ1n) is 15.5. The van der Waals surface area contributed by atoms with E-state index in [0.29, 0.717) is 29.0 Å². The van der Waals surface area contributed by atoms with E-state index in [-0.39, 0.29) is 36.1 Å². The van der Waals surface area contributed by atoms with Crippen LogP contribution in [0.25, 0.3) is 29.6 Å². The van der Waals surface area contributed by atoms with Gasteiger partial charge in [0.25, 0.3) is 0 Å². The molecule has 2 unspecified atom stereocenters. The highest BCUT2D eigenvalue weighted by Crippen LogP contribution is 2.41. The number of carbonyl (C=O) groups is 2. The lowest BCUT2D eigenvalue weighted by molar-refractivity contribution is -0.142. The van der Waals surface area contributed by atoms with Crippen molar-refractivity contribution in [3.63, 3.8) is 0 Å². The Morgan fingerprint density at radius 3 is 2.45 bits per heavy atom. The molecule has 1 fully saturated rings. The molecule has 0 aromatic carbocycles. The number of aliphatic carboxylic acids is 1. The molecule has 3 aromatic rings. The lowest BCUT2D eigenvalue weighted by Gasteiger charge is -2.26. The lowest BCUT2D eigenvalue weighted by atomic mass is 9.79. The predicted octanol–water partition coefficient (Wildman–Crippen LogP) is 2.09. The number of methoxy groups -OCH3 is 1. The summed E-state index contributed by atoms with van der Waals surface area (Å²) in [6, 6.07) is -0.370. The number of carbonyl (C=O) groups excluding carboxylic acids is 1. The van der Waals surface area contributed by atoms with Crippen molar-refractivity contribution >= 4 is 41.5 Å². The van der Waals surface area contributed by atoms with Crippen molar-refractivity contribution < 1.29 is 24.5 Å². The minimum absolute atomic E-state index is 0.0107. The van der Waals surface area contributed by atoms with Gasteiger partial charge >= 0.3 is 11.9 Å². The van der Waals surface area contributed by atoms with Crippen LogP contribution in [-0.2, 0) is 27.2 Å². The topological polar surface area (TPSA) is 143 Å². The van der Waals surface area contributed by atoms with Crippen molar-refractivity contribution in [3.05, 3.63) is 72.7 Å². The molecule has 6 rings (SSSR count). The Morgan fingerprint density at radius 1 is 1.07 bits per heavy atom. The Kier molecular flexibility index (Phi) is 7.48. The quantitative estimate of drug-likeness (QED) is 0.240. The van der Waals surface area contributed by atoms with Crippen LogP contribution in [0.1, 0.15) is 71.6 Å². The molecule has 1 saturated heterocycles. The Labute approximate surface area is 256 Å². The van der Waals surface area contributed by atoms with Crippen LogP contribution in [0.15, 0.2) is 6.58 Å². The normalized spacial score (nSPS) is 25.4. The molecule has 3 aliphatic rings. The third-order valence-electron chi connectivity index (χ3n) is 10.5. The summed E-state index contributed by atoms with van der Waals surface area (Å²) in [5.74, 6) is -2.41. The molecule has 2 aliphatic heterocycles. The molecule has 0 spiro atoms. The summed E-state index contributed by atoms with van der Waals surface area (Å²) in [4.78, 5) is 36.0. The van der Waals surface area contributed by atoms with Gasteiger partial charge < -0.3 is 35.2 Å². The molecule has 44 heavy (non-hydrogen) atoms. The number of carboxylic acid groups (broad SMARTS) is 1. The van der Waals surface area contributed by atoms with Gasteiger partial charge in [-0.1, -0.05) is 26.5 Å². The summed E-state index contributed by atoms with van der Waals surface area (Å²) >= 11 is 0. The van der Waals surface area contributed by atoms with Gasteiger partial charge in [-0.3, -0.25) is 9.59 Å². The second-order valence-corrected chi connectivity index (χ2v) is 12.6. The van der Waals surface area contributed by atoms with Gasteiger partial charge in [0.15, 0.2) is 0 Å². The number of rotatable bonds is 6. The van der Waals surface area contributed by atoms with E-state index in [9.17, 15) is 19.8 Å². The maximum absolute atomic E-state index is 13.3. The average molecular weight is 599 g/mol. The van der Waals surface area contributed by atoms with Crippen LogP contribution >= 0.6 is 0 Å². The van der Waals surface area contributed by atoms with Gasteiger partial charge in [0.2, 0.25) is 0 Å². The van der Waals surface area contributed by atoms with E-state index in [2.05, 4.69) is 66.7 Å². The first kappa shape index (κ1) is 29.8. The van der Waals surface area contributed by atoms with E-state index in [0.717, 1.165) is 50.9 Å². The molecule has 9 nitrogen and oxygen atoms in total. The fourth-order valence-electron chi connectivity index (χ4n) is 7.99. The number of H-pyrrole nitrogens is 3. The number of aliphatic hydroxyl groups is 1. The SMILES string of the molecule is C=Cc1c2[nH]c(c1C)CC1NC(C3=c4[nH]c(c(C)c4=C(O)[C@@H]3C(=O)OC)/C=c3\[nH]/c(c(C)c3CC)=C\2)[C@@H](CCC(=O)O)[C@@H]1C. The fourth-order valence-corrected chi connectivity index (χ4v) is 7.99. The number of aromatic nitrogens is 3. The van der Waals surface area contributed by atoms with Gasteiger partial charge in [0, 0.05) is 63.5 Å². The number of esters is 1. The van der Waals surface area contributed by atoms with E-state index in [1.807, 2.05) is 13.0 Å². The van der Waals surface area contributed by atoms with E-state index in [4.69, 9.17) is 4.74 Å². The molecule has 5 atom stereocenters. The third-order valence-corrected chi connectivity index (χ3v) is 10.5. The second kappa shape index (κ2) is 11.0. The van der Waals surface area contributed by atoms with Crippen molar-refractivity contribution in [1.82, 2.24) is 20.3 Å². The predicted molar refractivity (Wildman–Crippen MR) is 171 cm³/mol. The Bertz CT molecular complexity index is 1960. The lowest BCUT2D eigenvalue weighted by Crippen LogP contribution is -2.40. The smallest absolute Gasteiger partial charge is 0.320 e.